The molecule has 3 heterocycles. The molecule has 4 atom stereocenters. The van der Waals surface area contributed by atoms with Crippen molar-refractivity contribution >= 4 is 10.4 Å². The molecular formula is C18H21N3O8S. The molecule has 162 valence electrons. The van der Waals surface area contributed by atoms with Crippen molar-refractivity contribution in [3.63, 3.8) is 0 Å². The quantitative estimate of drug-likeness (QED) is 0.525. The van der Waals surface area contributed by atoms with E-state index in [-0.39, 0.29) is 11.3 Å². The fourth-order valence-electron chi connectivity index (χ4n) is 3.45. The summed E-state index contributed by atoms with van der Waals surface area (Å²) in [5, 5.41) is 9.65. The first-order valence-corrected chi connectivity index (χ1v) is 10.8. The van der Waals surface area contributed by atoms with Crippen molar-refractivity contribution in [1.82, 2.24) is 14.3 Å². The molecule has 2 aromatic rings. The van der Waals surface area contributed by atoms with E-state index >= 15 is 0 Å². The second-order valence-electron chi connectivity index (χ2n) is 7.06. The van der Waals surface area contributed by atoms with Crippen LogP contribution in [0, 0.1) is 6.92 Å². The van der Waals surface area contributed by atoms with Gasteiger partial charge in [-0.05, 0) is 19.1 Å². The van der Waals surface area contributed by atoms with Crippen molar-refractivity contribution in [3.05, 3.63) is 50.8 Å². The fraction of sp³-hybridized carbons (Fsp3) is 0.444. The number of aliphatic hydroxyl groups is 1. The molecule has 0 bridgehead atoms. The molecule has 3 N–H and O–H groups in total. The lowest BCUT2D eigenvalue weighted by Gasteiger charge is -2.23. The monoisotopic (exact) mass is 439 g/mol. The summed E-state index contributed by atoms with van der Waals surface area (Å²) in [6, 6.07) is 3.49. The van der Waals surface area contributed by atoms with Gasteiger partial charge in [-0.15, -0.1) is 4.72 Å². The van der Waals surface area contributed by atoms with Gasteiger partial charge in [-0.2, -0.15) is 0 Å². The maximum absolute atomic E-state index is 12.9. The molecule has 0 spiro atoms. The van der Waals surface area contributed by atoms with Crippen LogP contribution in [0.1, 0.15) is 18.2 Å². The summed E-state index contributed by atoms with van der Waals surface area (Å²) in [6.07, 6.45) is -0.294. The Morgan fingerprint density at radius 2 is 2.03 bits per heavy atom. The zero-order chi connectivity index (χ0) is 21.5. The van der Waals surface area contributed by atoms with Crippen LogP contribution in [-0.4, -0.2) is 51.2 Å². The molecule has 1 saturated heterocycles. The number of hydrogen-bond acceptors (Lipinski definition) is 8. The molecule has 12 heteroatoms. The molecule has 4 rings (SSSR count). The number of benzene rings is 1. The van der Waals surface area contributed by atoms with Crippen LogP contribution >= 0.6 is 0 Å². The number of aryl methyl sites for hydroxylation is 1. The van der Waals surface area contributed by atoms with Gasteiger partial charge in [-0.3, -0.25) is 14.3 Å². The van der Waals surface area contributed by atoms with Crippen molar-refractivity contribution in [2.75, 3.05) is 19.8 Å². The molecule has 1 aromatic carbocycles. The van der Waals surface area contributed by atoms with Gasteiger partial charge in [-0.25, -0.2) is 4.79 Å². The largest absolute Gasteiger partial charge is 0.593 e. The molecule has 1 aromatic heterocycles. The molecule has 0 amide bonds. The Morgan fingerprint density at radius 1 is 1.30 bits per heavy atom. The summed E-state index contributed by atoms with van der Waals surface area (Å²) in [6.45, 7) is 1.79. The Labute approximate surface area is 172 Å². The van der Waals surface area contributed by atoms with Crippen LogP contribution in [0.4, 0.5) is 0 Å². The number of aliphatic hydroxyl groups excluding tert-OH is 1. The highest BCUT2D eigenvalue weighted by molar-refractivity contribution is 7.95. The van der Waals surface area contributed by atoms with Gasteiger partial charge in [0.2, 0.25) is 0 Å². The minimum atomic E-state index is -3.97. The zero-order valence-corrected chi connectivity index (χ0v) is 16.8. The number of nitrogens with one attached hydrogen (secondary N) is 2. The van der Waals surface area contributed by atoms with Crippen LogP contribution < -0.4 is 25.4 Å². The van der Waals surface area contributed by atoms with E-state index in [4.69, 9.17) is 14.2 Å². The van der Waals surface area contributed by atoms with Gasteiger partial charge in [0.15, 0.2) is 26.8 Å². The number of hydrogen-bond donors (Lipinski definition) is 3. The highest BCUT2D eigenvalue weighted by atomic mass is 32.3. The average molecular weight is 439 g/mol. The van der Waals surface area contributed by atoms with Crippen molar-refractivity contribution in [2.45, 2.75) is 36.6 Å². The van der Waals surface area contributed by atoms with Crippen molar-refractivity contribution in [2.24, 2.45) is 0 Å². The molecule has 2 aliphatic heterocycles. The van der Waals surface area contributed by atoms with Crippen LogP contribution in [-0.2, 0) is 19.3 Å². The van der Waals surface area contributed by atoms with Crippen molar-refractivity contribution < 1.29 is 28.1 Å². The molecule has 1 unspecified atom stereocenters. The number of rotatable bonds is 5. The van der Waals surface area contributed by atoms with E-state index in [1.165, 1.54) is 35.9 Å². The van der Waals surface area contributed by atoms with Gasteiger partial charge in [0.05, 0.1) is 12.6 Å². The number of nitrogens with zero attached hydrogens (tertiary/aromatic N) is 1. The van der Waals surface area contributed by atoms with Crippen LogP contribution in [0.3, 0.4) is 0 Å². The number of aromatic amines is 1. The van der Waals surface area contributed by atoms with Crippen LogP contribution in [0.15, 0.2) is 38.9 Å². The Morgan fingerprint density at radius 3 is 2.77 bits per heavy atom. The molecule has 2 aliphatic rings. The van der Waals surface area contributed by atoms with E-state index in [0.717, 1.165) is 0 Å². The van der Waals surface area contributed by atoms with Gasteiger partial charge in [-0.1, -0.05) is 4.21 Å². The molecule has 0 saturated carbocycles. The standard InChI is InChI=1S/C18H21N3O8S/c1-10-8-21(18(24)19-17(10)23)16-7-12(15(9-22)29-16)20-30(25,26)11-2-3-13-14(6-11)28-5-4-27-13/h2-3,6,8,12,15-16,22H,4-5,7,9H2,1H3,(H2-,19,20,23,24,25,26)/t12-,15+,16+/m0/s1. The third kappa shape index (κ3) is 3.91. The van der Waals surface area contributed by atoms with E-state index in [1.807, 2.05) is 0 Å². The lowest BCUT2D eigenvalue weighted by Crippen LogP contribution is -2.45. The summed E-state index contributed by atoms with van der Waals surface area (Å²) in [4.78, 5) is 25.9. The number of ether oxygens (including phenoxy) is 3. The highest BCUT2D eigenvalue weighted by Crippen LogP contribution is 2.34. The predicted octanol–water partition coefficient (Wildman–Crippen LogP) is -0.542. The molecule has 11 nitrogen and oxygen atoms in total. The molecule has 1 fully saturated rings. The normalized spacial score (nSPS) is 25.1. The first kappa shape index (κ1) is 20.8. The summed E-state index contributed by atoms with van der Waals surface area (Å²) in [7, 11) is -3.97. The number of fused-ring (bicyclic) bond motifs is 1. The fourth-order valence-corrected chi connectivity index (χ4v) is 4.74. The third-order valence-electron chi connectivity index (χ3n) is 5.00. The summed E-state index contributed by atoms with van der Waals surface area (Å²) in [5.41, 5.74) is -0.884. The van der Waals surface area contributed by atoms with Gasteiger partial charge >= 0.3 is 5.69 Å². The van der Waals surface area contributed by atoms with Crippen LogP contribution in [0.5, 0.6) is 11.5 Å². The highest BCUT2D eigenvalue weighted by Gasteiger charge is 2.41. The molecule has 30 heavy (non-hydrogen) atoms. The van der Waals surface area contributed by atoms with Gasteiger partial charge in [0.1, 0.15) is 25.5 Å². The van der Waals surface area contributed by atoms with Crippen LogP contribution in [0.25, 0.3) is 0 Å². The number of H-pyrrole nitrogens is 1. The predicted molar refractivity (Wildman–Crippen MR) is 103 cm³/mol. The van der Waals surface area contributed by atoms with Gasteiger partial charge in [0, 0.05) is 24.2 Å². The molecular weight excluding hydrogens is 418 g/mol. The smallest absolute Gasteiger partial charge is 0.330 e. The summed E-state index contributed by atoms with van der Waals surface area (Å²) < 4.78 is 46.0. The first-order chi connectivity index (χ1) is 14.3. The van der Waals surface area contributed by atoms with E-state index in [1.54, 1.807) is 0 Å². The number of sulfonamides is 1. The minimum absolute atomic E-state index is 0.0241. The second-order valence-corrected chi connectivity index (χ2v) is 8.77. The maximum Gasteiger partial charge on any atom is 0.330 e. The minimum Gasteiger partial charge on any atom is -0.593 e. The molecule has 0 aliphatic carbocycles. The van der Waals surface area contributed by atoms with E-state index in [0.29, 0.717) is 30.3 Å². The van der Waals surface area contributed by atoms with Gasteiger partial charge in [0.25, 0.3) is 5.56 Å². The lowest BCUT2D eigenvalue weighted by molar-refractivity contribution is -0.0280. The topological polar surface area (TPSA) is 155 Å². The zero-order valence-electron chi connectivity index (χ0n) is 16.0. The average Bonchev–Trinajstić information content (AvgIpc) is 3.12. The van der Waals surface area contributed by atoms with Gasteiger partial charge < -0.3 is 23.9 Å². The maximum atomic E-state index is 12.9. The SMILES string of the molecule is Cc1cn([C@H]2C[C@H](N[S+](=O)([O-])c3ccc4c(c3)OCCO4)[C@@H](CO)O2)c(=O)[nH]c1=O. The van der Waals surface area contributed by atoms with Crippen molar-refractivity contribution in [1.29, 1.82) is 0 Å². The number of aromatic nitrogens is 2. The summed E-state index contributed by atoms with van der Waals surface area (Å²) >= 11 is 0. The van der Waals surface area contributed by atoms with Crippen LogP contribution in [0.2, 0.25) is 0 Å². The van der Waals surface area contributed by atoms with E-state index in [2.05, 4.69) is 9.71 Å². The Bertz CT molecular complexity index is 1110. The lowest BCUT2D eigenvalue weighted by atomic mass is 10.1. The molecule has 0 radical (unpaired) electrons. The summed E-state index contributed by atoms with van der Waals surface area (Å²) in [5.74, 6) is 0.796. The Hall–Kier alpha value is -2.51. The van der Waals surface area contributed by atoms with Crippen molar-refractivity contribution in [3.8, 4) is 11.5 Å². The third-order valence-corrected chi connectivity index (χ3v) is 6.49. The van der Waals surface area contributed by atoms with E-state index < -0.39 is 46.6 Å². The Kier molecular flexibility index (Phi) is 5.51. The second kappa shape index (κ2) is 7.96. The van der Waals surface area contributed by atoms with E-state index in [9.17, 15) is 23.5 Å². The first-order valence-electron chi connectivity index (χ1n) is 9.29. The Balaban J connectivity index is 1.56.